The van der Waals surface area contributed by atoms with Gasteiger partial charge in [0, 0.05) is 5.56 Å². The van der Waals surface area contributed by atoms with E-state index in [1.165, 1.54) is 0 Å². The van der Waals surface area contributed by atoms with E-state index in [9.17, 15) is 13.6 Å². The largest absolute Gasteiger partial charge is 0.453 e. The Bertz CT molecular complexity index is 496. The Balaban J connectivity index is 0.00000154. The van der Waals surface area contributed by atoms with Crippen molar-refractivity contribution in [2.75, 3.05) is 12.4 Å². The standard InChI is InChI=1S/C11H10F2N2O2.C2H6/c1-3-7-9(13)8(12)4-6(5-14)10(7)15-11(16)17-2;1-2/h4H,3H2,1-2H3,(H,15,16);1-2H3. The number of amides is 1. The molecule has 0 spiro atoms. The predicted octanol–water partition coefficient (Wildman–Crippen LogP) is 3.60. The molecule has 1 N–H and O–H groups in total. The van der Waals surface area contributed by atoms with Crippen LogP contribution in [0, 0.1) is 23.0 Å². The smallest absolute Gasteiger partial charge is 0.411 e. The van der Waals surface area contributed by atoms with Gasteiger partial charge in [0.25, 0.3) is 0 Å². The highest BCUT2D eigenvalue weighted by Gasteiger charge is 2.19. The lowest BCUT2D eigenvalue weighted by atomic mass is 10.0. The Morgan fingerprint density at radius 1 is 1.47 bits per heavy atom. The number of hydrogen-bond acceptors (Lipinski definition) is 3. The number of methoxy groups -OCH3 is 1. The number of rotatable bonds is 2. The van der Waals surface area contributed by atoms with Gasteiger partial charge in [-0.05, 0) is 12.5 Å². The van der Waals surface area contributed by atoms with Crippen LogP contribution in [0.3, 0.4) is 0 Å². The zero-order chi connectivity index (χ0) is 15.0. The number of nitriles is 1. The van der Waals surface area contributed by atoms with Crippen LogP contribution in [0.2, 0.25) is 0 Å². The highest BCUT2D eigenvalue weighted by molar-refractivity contribution is 5.87. The van der Waals surface area contributed by atoms with Crippen LogP contribution in [0.1, 0.15) is 31.9 Å². The van der Waals surface area contributed by atoms with Crippen molar-refractivity contribution in [1.82, 2.24) is 0 Å². The molecule has 0 radical (unpaired) electrons. The second kappa shape index (κ2) is 8.03. The average Bonchev–Trinajstić information content (AvgIpc) is 2.44. The van der Waals surface area contributed by atoms with Crippen molar-refractivity contribution in [3.05, 3.63) is 28.8 Å². The van der Waals surface area contributed by atoms with Crippen molar-refractivity contribution in [2.45, 2.75) is 27.2 Å². The van der Waals surface area contributed by atoms with Crippen LogP contribution in [0.5, 0.6) is 0 Å². The molecule has 0 fully saturated rings. The van der Waals surface area contributed by atoms with Gasteiger partial charge in [-0.1, -0.05) is 20.8 Å². The van der Waals surface area contributed by atoms with Crippen LogP contribution in [-0.2, 0) is 11.2 Å². The van der Waals surface area contributed by atoms with Gasteiger partial charge in [-0.3, -0.25) is 5.32 Å². The van der Waals surface area contributed by atoms with Gasteiger partial charge in [0.2, 0.25) is 0 Å². The molecule has 0 saturated heterocycles. The van der Waals surface area contributed by atoms with Gasteiger partial charge >= 0.3 is 6.09 Å². The van der Waals surface area contributed by atoms with Crippen molar-refractivity contribution in [1.29, 1.82) is 5.26 Å². The molecule has 1 aromatic carbocycles. The lowest BCUT2D eigenvalue weighted by molar-refractivity contribution is 0.187. The van der Waals surface area contributed by atoms with E-state index in [1.54, 1.807) is 13.0 Å². The van der Waals surface area contributed by atoms with Gasteiger partial charge in [0.15, 0.2) is 11.6 Å². The maximum absolute atomic E-state index is 13.5. The number of anilines is 1. The summed E-state index contributed by atoms with van der Waals surface area (Å²) in [6.45, 7) is 5.58. The first-order valence-electron chi connectivity index (χ1n) is 5.81. The number of benzene rings is 1. The summed E-state index contributed by atoms with van der Waals surface area (Å²) in [6.07, 6.45) is -0.709. The van der Waals surface area contributed by atoms with Gasteiger partial charge in [0.05, 0.1) is 18.4 Å². The molecule has 6 heteroatoms. The normalized spacial score (nSPS) is 8.89. The maximum Gasteiger partial charge on any atom is 0.411 e. The summed E-state index contributed by atoms with van der Waals surface area (Å²) in [7, 11) is 1.13. The second-order valence-electron chi connectivity index (χ2n) is 3.16. The number of ether oxygens (including phenoxy) is 1. The lowest BCUT2D eigenvalue weighted by Crippen LogP contribution is -2.15. The molecule has 0 heterocycles. The number of carbonyl (C=O) groups excluding carboxylic acids is 1. The zero-order valence-electron chi connectivity index (χ0n) is 11.3. The Kier molecular flexibility index (Phi) is 7.12. The number of halogens is 2. The molecule has 19 heavy (non-hydrogen) atoms. The van der Waals surface area contributed by atoms with E-state index in [0.717, 1.165) is 13.2 Å². The van der Waals surface area contributed by atoms with Gasteiger partial charge in [-0.25, -0.2) is 13.6 Å². The van der Waals surface area contributed by atoms with Crippen LogP contribution in [0.15, 0.2) is 6.07 Å². The summed E-state index contributed by atoms with van der Waals surface area (Å²) in [5.41, 5.74) is -0.265. The summed E-state index contributed by atoms with van der Waals surface area (Å²) in [5.74, 6) is -2.19. The lowest BCUT2D eigenvalue weighted by Gasteiger charge is -2.12. The van der Waals surface area contributed by atoms with Crippen molar-refractivity contribution >= 4 is 11.8 Å². The Hall–Kier alpha value is -2.16. The SMILES string of the molecule is CC.CCc1c(F)c(F)cc(C#N)c1NC(=O)OC. The average molecular weight is 270 g/mol. The first-order valence-corrected chi connectivity index (χ1v) is 5.81. The third-order valence-corrected chi connectivity index (χ3v) is 2.20. The summed E-state index contributed by atoms with van der Waals surface area (Å²) >= 11 is 0. The highest BCUT2D eigenvalue weighted by Crippen LogP contribution is 2.26. The minimum absolute atomic E-state index is 0.0549. The minimum Gasteiger partial charge on any atom is -0.453 e. The van der Waals surface area contributed by atoms with E-state index in [0.29, 0.717) is 0 Å². The fourth-order valence-corrected chi connectivity index (χ4v) is 1.39. The Labute approximate surface area is 111 Å². The third kappa shape index (κ3) is 3.91. The van der Waals surface area contributed by atoms with Gasteiger partial charge < -0.3 is 4.74 Å². The Morgan fingerprint density at radius 2 is 2.05 bits per heavy atom. The molecule has 0 saturated carbocycles. The number of carbonyl (C=O) groups is 1. The topological polar surface area (TPSA) is 62.1 Å². The minimum atomic E-state index is -1.12. The fraction of sp³-hybridized carbons (Fsp3) is 0.385. The van der Waals surface area contributed by atoms with E-state index in [-0.39, 0.29) is 23.2 Å². The highest BCUT2D eigenvalue weighted by atomic mass is 19.2. The van der Waals surface area contributed by atoms with Crippen LogP contribution in [-0.4, -0.2) is 13.2 Å². The van der Waals surface area contributed by atoms with E-state index in [2.05, 4.69) is 10.1 Å². The number of nitrogens with one attached hydrogen (secondary N) is 1. The zero-order valence-corrected chi connectivity index (χ0v) is 11.3. The monoisotopic (exact) mass is 270 g/mol. The van der Waals surface area contributed by atoms with Crippen molar-refractivity contribution in [3.8, 4) is 6.07 Å². The Morgan fingerprint density at radius 3 is 2.47 bits per heavy atom. The van der Waals surface area contributed by atoms with E-state index in [1.807, 2.05) is 13.8 Å². The molecule has 4 nitrogen and oxygen atoms in total. The van der Waals surface area contributed by atoms with Gasteiger partial charge in [0.1, 0.15) is 6.07 Å². The summed E-state index contributed by atoms with van der Waals surface area (Å²) < 4.78 is 30.9. The van der Waals surface area contributed by atoms with Crippen LogP contribution in [0.4, 0.5) is 19.3 Å². The van der Waals surface area contributed by atoms with Crippen molar-refractivity contribution < 1.29 is 18.3 Å². The molecule has 0 bridgehead atoms. The van der Waals surface area contributed by atoms with Gasteiger partial charge in [-0.15, -0.1) is 0 Å². The molecule has 0 aliphatic rings. The van der Waals surface area contributed by atoms with E-state index < -0.39 is 17.7 Å². The molecule has 0 aliphatic heterocycles. The molecular weight excluding hydrogens is 254 g/mol. The summed E-state index contributed by atoms with van der Waals surface area (Å²) in [5, 5.41) is 11.0. The molecular formula is C13H16F2N2O2. The molecule has 1 aromatic rings. The van der Waals surface area contributed by atoms with Crippen molar-refractivity contribution in [2.24, 2.45) is 0 Å². The summed E-state index contributed by atoms with van der Waals surface area (Å²) in [4.78, 5) is 11.1. The number of hydrogen-bond donors (Lipinski definition) is 1. The van der Waals surface area contributed by atoms with E-state index >= 15 is 0 Å². The fourth-order valence-electron chi connectivity index (χ4n) is 1.39. The van der Waals surface area contributed by atoms with Gasteiger partial charge in [-0.2, -0.15) is 5.26 Å². The van der Waals surface area contributed by atoms with E-state index in [4.69, 9.17) is 5.26 Å². The molecule has 1 rings (SSSR count). The predicted molar refractivity (Wildman–Crippen MR) is 67.8 cm³/mol. The quantitative estimate of drug-likeness (QED) is 0.893. The first-order chi connectivity index (χ1) is 9.04. The molecule has 0 unspecified atom stereocenters. The van der Waals surface area contributed by atoms with Crippen LogP contribution in [0.25, 0.3) is 0 Å². The molecule has 0 atom stereocenters. The third-order valence-electron chi connectivity index (χ3n) is 2.20. The summed E-state index contributed by atoms with van der Waals surface area (Å²) in [6, 6.07) is 2.43. The van der Waals surface area contributed by atoms with Crippen LogP contribution >= 0.6 is 0 Å². The second-order valence-corrected chi connectivity index (χ2v) is 3.16. The molecule has 0 aliphatic carbocycles. The van der Waals surface area contributed by atoms with Crippen molar-refractivity contribution in [3.63, 3.8) is 0 Å². The molecule has 0 aromatic heterocycles. The molecule has 1 amide bonds. The maximum atomic E-state index is 13.5. The first kappa shape index (κ1) is 16.8. The molecule has 104 valence electrons. The van der Waals surface area contributed by atoms with Crippen LogP contribution < -0.4 is 5.32 Å². The number of nitrogens with zero attached hydrogens (tertiary/aromatic N) is 1.